The van der Waals surface area contributed by atoms with Gasteiger partial charge in [-0.3, -0.25) is 4.79 Å². The van der Waals surface area contributed by atoms with Crippen LogP contribution in [0.3, 0.4) is 0 Å². The first kappa shape index (κ1) is 19.2. The molecule has 0 saturated carbocycles. The molecule has 2 aromatic rings. The Morgan fingerprint density at radius 3 is 2.37 bits per heavy atom. The van der Waals surface area contributed by atoms with Crippen LogP contribution in [-0.2, 0) is 4.79 Å². The molecule has 0 radical (unpaired) electrons. The molecule has 7 heteroatoms. The van der Waals surface area contributed by atoms with E-state index in [0.29, 0.717) is 17.9 Å². The molecule has 1 aliphatic heterocycles. The average Bonchev–Trinajstić information content (AvgIpc) is 3.13. The smallest absolute Gasteiger partial charge is 0.240 e. The maximum atomic E-state index is 12.2. The molecule has 3 rings (SSSR count). The first-order valence-electron chi connectivity index (χ1n) is 8.41. The third-order valence-electron chi connectivity index (χ3n) is 4.50. The Morgan fingerprint density at radius 1 is 1.11 bits per heavy atom. The van der Waals surface area contributed by atoms with Crippen molar-refractivity contribution in [2.45, 2.75) is 19.4 Å². The highest BCUT2D eigenvalue weighted by molar-refractivity contribution is 9.10. The van der Waals surface area contributed by atoms with Gasteiger partial charge in [-0.05, 0) is 63.5 Å². The Hall–Kier alpha value is -2.54. The highest BCUT2D eigenvalue weighted by atomic mass is 79.9. The van der Waals surface area contributed by atoms with Crippen molar-refractivity contribution in [3.63, 3.8) is 0 Å². The third-order valence-corrected chi connectivity index (χ3v) is 5.09. The van der Waals surface area contributed by atoms with E-state index in [1.54, 1.807) is 21.3 Å². The van der Waals surface area contributed by atoms with E-state index in [9.17, 15) is 4.79 Å². The molecule has 0 aliphatic carbocycles. The molecule has 0 fully saturated rings. The van der Waals surface area contributed by atoms with Crippen molar-refractivity contribution in [2.24, 2.45) is 5.10 Å². The quantitative estimate of drug-likeness (QED) is 0.710. The van der Waals surface area contributed by atoms with Gasteiger partial charge in [0.1, 0.15) is 5.75 Å². The van der Waals surface area contributed by atoms with Crippen LogP contribution in [-0.4, -0.2) is 38.0 Å². The molecule has 0 bridgehead atoms. The summed E-state index contributed by atoms with van der Waals surface area (Å²) in [5.74, 6) is 1.88. The lowest BCUT2D eigenvalue weighted by molar-refractivity contribution is -0.130. The molecule has 27 heavy (non-hydrogen) atoms. The second kappa shape index (κ2) is 8.00. The van der Waals surface area contributed by atoms with E-state index in [4.69, 9.17) is 14.2 Å². The topological polar surface area (TPSA) is 60.4 Å². The zero-order chi connectivity index (χ0) is 19.6. The Bertz CT molecular complexity index is 880. The van der Waals surface area contributed by atoms with Gasteiger partial charge in [-0.2, -0.15) is 5.10 Å². The van der Waals surface area contributed by atoms with Gasteiger partial charge < -0.3 is 14.2 Å². The highest BCUT2D eigenvalue weighted by Crippen LogP contribution is 2.41. The first-order chi connectivity index (χ1) is 13.0. The van der Waals surface area contributed by atoms with E-state index in [1.807, 2.05) is 36.4 Å². The number of hydrogen-bond acceptors (Lipinski definition) is 5. The van der Waals surface area contributed by atoms with E-state index >= 15 is 0 Å². The number of carbonyl (C=O) groups excluding carboxylic acids is 1. The van der Waals surface area contributed by atoms with Crippen LogP contribution in [0.5, 0.6) is 17.2 Å². The number of benzene rings is 2. The number of halogens is 1. The summed E-state index contributed by atoms with van der Waals surface area (Å²) in [4.78, 5) is 12.2. The maximum Gasteiger partial charge on any atom is 0.240 e. The van der Waals surface area contributed by atoms with Crippen molar-refractivity contribution in [3.8, 4) is 17.2 Å². The van der Waals surface area contributed by atoms with Crippen LogP contribution in [0.4, 0.5) is 0 Å². The second-order valence-electron chi connectivity index (χ2n) is 6.10. The van der Waals surface area contributed by atoms with Gasteiger partial charge in [-0.25, -0.2) is 5.01 Å². The van der Waals surface area contributed by atoms with Crippen LogP contribution in [0.25, 0.3) is 0 Å². The number of methoxy groups -OCH3 is 3. The molecule has 1 atom stereocenters. The van der Waals surface area contributed by atoms with E-state index in [0.717, 1.165) is 27.1 Å². The minimum Gasteiger partial charge on any atom is -0.497 e. The first-order valence-corrected chi connectivity index (χ1v) is 9.21. The summed E-state index contributed by atoms with van der Waals surface area (Å²) in [5.41, 5.74) is 2.73. The minimum atomic E-state index is -0.212. The van der Waals surface area contributed by atoms with Gasteiger partial charge in [0, 0.05) is 13.3 Å². The molecule has 0 N–H and O–H groups in total. The number of carbonyl (C=O) groups is 1. The number of hydrogen-bond donors (Lipinski definition) is 0. The highest BCUT2D eigenvalue weighted by Gasteiger charge is 2.32. The summed E-state index contributed by atoms with van der Waals surface area (Å²) in [5, 5.41) is 6.09. The van der Waals surface area contributed by atoms with Gasteiger partial charge in [0.2, 0.25) is 5.91 Å². The van der Waals surface area contributed by atoms with Crippen LogP contribution in [0.15, 0.2) is 46.0 Å². The number of hydrazone groups is 1. The Labute approximate surface area is 166 Å². The lowest BCUT2D eigenvalue weighted by atomic mass is 9.98. The van der Waals surface area contributed by atoms with Gasteiger partial charge in [0.25, 0.3) is 0 Å². The molecule has 1 aliphatic rings. The third kappa shape index (κ3) is 3.78. The summed E-state index contributed by atoms with van der Waals surface area (Å²) in [7, 11) is 4.81. The summed E-state index contributed by atoms with van der Waals surface area (Å²) in [6.45, 7) is 1.52. The normalized spacial score (nSPS) is 16.1. The molecule has 0 aromatic heterocycles. The number of amides is 1. The number of ether oxygens (including phenoxy) is 3. The molecule has 0 saturated heterocycles. The molecular weight excluding hydrogens is 412 g/mol. The lowest BCUT2D eigenvalue weighted by Gasteiger charge is -2.22. The fourth-order valence-corrected chi connectivity index (χ4v) is 3.77. The predicted molar refractivity (Wildman–Crippen MR) is 107 cm³/mol. The Kier molecular flexibility index (Phi) is 5.70. The van der Waals surface area contributed by atoms with E-state index in [1.165, 1.54) is 11.9 Å². The van der Waals surface area contributed by atoms with Crippen molar-refractivity contribution in [1.29, 1.82) is 0 Å². The van der Waals surface area contributed by atoms with Gasteiger partial charge in [-0.15, -0.1) is 0 Å². The van der Waals surface area contributed by atoms with E-state index in [2.05, 4.69) is 21.0 Å². The summed E-state index contributed by atoms with van der Waals surface area (Å²) in [6, 6.07) is 11.3. The van der Waals surface area contributed by atoms with Crippen molar-refractivity contribution in [1.82, 2.24) is 5.01 Å². The second-order valence-corrected chi connectivity index (χ2v) is 6.95. The van der Waals surface area contributed by atoms with E-state index < -0.39 is 0 Å². The van der Waals surface area contributed by atoms with E-state index in [-0.39, 0.29) is 11.9 Å². The van der Waals surface area contributed by atoms with Gasteiger partial charge >= 0.3 is 0 Å². The van der Waals surface area contributed by atoms with Crippen LogP contribution < -0.4 is 14.2 Å². The fraction of sp³-hybridized carbons (Fsp3) is 0.300. The van der Waals surface area contributed by atoms with Gasteiger partial charge in [0.15, 0.2) is 11.5 Å². The zero-order valence-electron chi connectivity index (χ0n) is 15.7. The average molecular weight is 433 g/mol. The van der Waals surface area contributed by atoms with Crippen LogP contribution >= 0.6 is 15.9 Å². The van der Waals surface area contributed by atoms with Crippen LogP contribution in [0.1, 0.15) is 30.5 Å². The minimum absolute atomic E-state index is 0.116. The summed E-state index contributed by atoms with van der Waals surface area (Å²) < 4.78 is 16.8. The standard InChI is InChI=1S/C20H21BrN2O4/c1-12(24)23-18(14-9-16(21)20(27-4)19(10-14)26-3)11-17(22-23)13-5-7-15(25-2)8-6-13/h5-10,18H,11H2,1-4H3/t18-/m1/s1. The SMILES string of the molecule is COc1ccc(C2=NN(C(C)=O)[C@@H](c3cc(Br)c(OC)c(OC)c3)C2)cc1. The van der Waals surface area contributed by atoms with Crippen molar-refractivity contribution in [2.75, 3.05) is 21.3 Å². The molecule has 0 unspecified atom stereocenters. The van der Waals surface area contributed by atoms with Crippen molar-refractivity contribution >= 4 is 27.5 Å². The lowest BCUT2D eigenvalue weighted by Crippen LogP contribution is -2.24. The Morgan fingerprint density at radius 2 is 1.81 bits per heavy atom. The predicted octanol–water partition coefficient (Wildman–Crippen LogP) is 4.17. The summed E-state index contributed by atoms with van der Waals surface area (Å²) in [6.07, 6.45) is 0.605. The molecule has 142 valence electrons. The molecule has 1 amide bonds. The van der Waals surface area contributed by atoms with Gasteiger partial charge in [-0.1, -0.05) is 0 Å². The maximum absolute atomic E-state index is 12.2. The van der Waals surface area contributed by atoms with Crippen LogP contribution in [0.2, 0.25) is 0 Å². The molecule has 6 nitrogen and oxygen atoms in total. The Balaban J connectivity index is 1.97. The number of nitrogens with zero attached hydrogens (tertiary/aromatic N) is 2. The molecule has 2 aromatic carbocycles. The largest absolute Gasteiger partial charge is 0.497 e. The number of rotatable bonds is 5. The van der Waals surface area contributed by atoms with Crippen molar-refractivity contribution in [3.05, 3.63) is 52.0 Å². The summed E-state index contributed by atoms with van der Waals surface area (Å²) >= 11 is 3.52. The molecular formula is C20H21BrN2O4. The van der Waals surface area contributed by atoms with Crippen molar-refractivity contribution < 1.29 is 19.0 Å². The molecule has 0 spiro atoms. The van der Waals surface area contributed by atoms with Gasteiger partial charge in [0.05, 0.1) is 37.6 Å². The molecule has 1 heterocycles. The fourth-order valence-electron chi connectivity index (χ4n) is 3.15. The zero-order valence-corrected chi connectivity index (χ0v) is 17.2. The monoisotopic (exact) mass is 432 g/mol. The van der Waals surface area contributed by atoms with Crippen LogP contribution in [0, 0.1) is 0 Å².